The van der Waals surface area contributed by atoms with Crippen molar-refractivity contribution in [3.8, 4) is 11.3 Å². The van der Waals surface area contributed by atoms with Crippen LogP contribution in [0.3, 0.4) is 0 Å². The summed E-state index contributed by atoms with van der Waals surface area (Å²) in [7, 11) is 0. The molecule has 0 atom stereocenters. The average molecular weight is 299 g/mol. The maximum Gasteiger partial charge on any atom is 0.422 e. The molecule has 0 amide bonds. The Morgan fingerprint density at radius 1 is 1.19 bits per heavy atom. The molecule has 0 saturated heterocycles. The van der Waals surface area contributed by atoms with E-state index in [1.165, 1.54) is 12.1 Å². The molecule has 110 valence electrons. The minimum Gasteiger partial charge on any atom is -0.383 e. The third-order valence-corrected chi connectivity index (χ3v) is 2.57. The molecule has 0 unspecified atom stereocenters. The van der Waals surface area contributed by atoms with E-state index in [4.69, 9.17) is 11.5 Å². The summed E-state index contributed by atoms with van der Waals surface area (Å²) in [5.41, 5.74) is 8.17. The number of non-ortho nitro benzene ring substituents is 1. The second-order valence-corrected chi connectivity index (χ2v) is 4.00. The first-order valence-corrected chi connectivity index (χ1v) is 5.45. The largest absolute Gasteiger partial charge is 0.422 e. The van der Waals surface area contributed by atoms with E-state index in [9.17, 15) is 23.3 Å². The fourth-order valence-corrected chi connectivity index (χ4v) is 1.75. The lowest BCUT2D eigenvalue weighted by Crippen LogP contribution is -2.15. The number of rotatable bonds is 2. The van der Waals surface area contributed by atoms with Crippen molar-refractivity contribution in [2.75, 3.05) is 11.5 Å². The van der Waals surface area contributed by atoms with E-state index in [0.717, 1.165) is 12.1 Å². The first-order chi connectivity index (χ1) is 9.70. The summed E-state index contributed by atoms with van der Waals surface area (Å²) in [5, 5.41) is 10.7. The van der Waals surface area contributed by atoms with Crippen LogP contribution < -0.4 is 11.5 Å². The number of hydrogen-bond donors (Lipinski definition) is 2. The molecule has 21 heavy (non-hydrogen) atoms. The van der Waals surface area contributed by atoms with Crippen LogP contribution in [0.1, 0.15) is 5.56 Å². The molecule has 1 aromatic heterocycles. The van der Waals surface area contributed by atoms with Gasteiger partial charge in [0.1, 0.15) is 11.4 Å². The van der Waals surface area contributed by atoms with Crippen LogP contribution in [0.15, 0.2) is 24.3 Å². The van der Waals surface area contributed by atoms with Gasteiger partial charge in [-0.1, -0.05) is 12.1 Å². The van der Waals surface area contributed by atoms with Gasteiger partial charge in [0.2, 0.25) is 5.95 Å². The number of nitro benzene ring substituents is 1. The number of halogens is 3. The number of hydrogen-bond acceptors (Lipinski definition) is 6. The second kappa shape index (κ2) is 4.89. The zero-order valence-electron chi connectivity index (χ0n) is 10.3. The van der Waals surface area contributed by atoms with Crippen molar-refractivity contribution in [2.45, 2.75) is 6.18 Å². The van der Waals surface area contributed by atoms with Gasteiger partial charge in [-0.3, -0.25) is 10.1 Å². The average Bonchev–Trinajstić information content (AvgIpc) is 2.36. The molecule has 7 nitrogen and oxygen atoms in total. The number of nitrogen functional groups attached to an aromatic ring is 2. The number of nitrogens with zero attached hydrogens (tertiary/aromatic N) is 3. The number of nitrogens with two attached hydrogens (primary N) is 2. The van der Waals surface area contributed by atoms with Crippen LogP contribution in [-0.4, -0.2) is 14.9 Å². The Balaban J connectivity index is 2.74. The molecule has 0 spiro atoms. The lowest BCUT2D eigenvalue weighted by molar-refractivity contribution is -0.384. The Morgan fingerprint density at radius 3 is 2.43 bits per heavy atom. The molecule has 0 fully saturated rings. The van der Waals surface area contributed by atoms with E-state index in [-0.39, 0.29) is 11.3 Å². The van der Waals surface area contributed by atoms with Crippen LogP contribution in [0, 0.1) is 10.1 Å². The van der Waals surface area contributed by atoms with Crippen LogP contribution in [0.25, 0.3) is 11.3 Å². The zero-order chi connectivity index (χ0) is 15.8. The first kappa shape index (κ1) is 14.5. The number of nitro groups is 1. The summed E-state index contributed by atoms with van der Waals surface area (Å²) in [6, 6.07) is 4.58. The molecule has 2 rings (SSSR count). The molecule has 2 aromatic rings. The molecule has 0 aliphatic carbocycles. The van der Waals surface area contributed by atoms with E-state index in [1.807, 2.05) is 0 Å². The third kappa shape index (κ3) is 2.83. The molecule has 0 aliphatic heterocycles. The molecular formula is C11H8F3N5O2. The summed E-state index contributed by atoms with van der Waals surface area (Å²) in [6.45, 7) is 0. The van der Waals surface area contributed by atoms with Crippen molar-refractivity contribution in [3.63, 3.8) is 0 Å². The van der Waals surface area contributed by atoms with Crippen molar-refractivity contribution >= 4 is 17.5 Å². The minimum absolute atomic E-state index is 0.127. The fourth-order valence-electron chi connectivity index (χ4n) is 1.75. The lowest BCUT2D eigenvalue weighted by atomic mass is 10.1. The van der Waals surface area contributed by atoms with Gasteiger partial charge in [-0.25, -0.2) is 4.98 Å². The van der Waals surface area contributed by atoms with Crippen molar-refractivity contribution < 1.29 is 18.1 Å². The SMILES string of the molecule is Nc1nc(N)c(C(F)(F)F)c(-c2cccc([N+](=O)[O-])c2)n1. The molecule has 0 bridgehead atoms. The maximum atomic E-state index is 13.1. The van der Waals surface area contributed by atoms with E-state index >= 15 is 0 Å². The van der Waals surface area contributed by atoms with Crippen LogP contribution in [0.5, 0.6) is 0 Å². The minimum atomic E-state index is -4.82. The quantitative estimate of drug-likeness (QED) is 0.648. The van der Waals surface area contributed by atoms with Gasteiger partial charge in [0.05, 0.1) is 10.6 Å². The smallest absolute Gasteiger partial charge is 0.383 e. The second-order valence-electron chi connectivity index (χ2n) is 4.00. The maximum absolute atomic E-state index is 13.1. The van der Waals surface area contributed by atoms with E-state index < -0.39 is 34.1 Å². The van der Waals surface area contributed by atoms with E-state index in [2.05, 4.69) is 9.97 Å². The molecule has 0 radical (unpaired) electrons. The van der Waals surface area contributed by atoms with Crippen molar-refractivity contribution in [1.29, 1.82) is 0 Å². The Kier molecular flexibility index (Phi) is 3.37. The Labute approximate surface area is 115 Å². The van der Waals surface area contributed by atoms with Gasteiger partial charge in [0.15, 0.2) is 0 Å². The molecular weight excluding hydrogens is 291 g/mol. The van der Waals surface area contributed by atoms with E-state index in [1.54, 1.807) is 0 Å². The standard InChI is InChI=1S/C11H8F3N5O2/c12-11(13,14)7-8(17-10(16)18-9(7)15)5-2-1-3-6(4-5)19(20)21/h1-4H,(H4,15,16,17,18). The van der Waals surface area contributed by atoms with Crippen molar-refractivity contribution in [2.24, 2.45) is 0 Å². The summed E-state index contributed by atoms with van der Waals surface area (Å²) in [6.07, 6.45) is -4.82. The summed E-state index contributed by atoms with van der Waals surface area (Å²) in [4.78, 5) is 16.8. The fraction of sp³-hybridized carbons (Fsp3) is 0.0909. The molecule has 4 N–H and O–H groups in total. The van der Waals surface area contributed by atoms with Crippen LogP contribution in [0.4, 0.5) is 30.6 Å². The van der Waals surface area contributed by atoms with Gasteiger partial charge in [-0.05, 0) is 0 Å². The Morgan fingerprint density at radius 2 is 1.86 bits per heavy atom. The Hall–Kier alpha value is -2.91. The van der Waals surface area contributed by atoms with Crippen LogP contribution in [0.2, 0.25) is 0 Å². The van der Waals surface area contributed by atoms with Crippen molar-refractivity contribution in [1.82, 2.24) is 9.97 Å². The lowest BCUT2D eigenvalue weighted by Gasteiger charge is -2.14. The molecule has 1 heterocycles. The van der Waals surface area contributed by atoms with Gasteiger partial charge in [0.25, 0.3) is 5.69 Å². The number of benzene rings is 1. The highest BCUT2D eigenvalue weighted by Crippen LogP contribution is 2.39. The summed E-state index contributed by atoms with van der Waals surface area (Å²) in [5.74, 6) is -1.29. The van der Waals surface area contributed by atoms with Gasteiger partial charge in [0, 0.05) is 17.7 Å². The molecule has 0 saturated carbocycles. The monoisotopic (exact) mass is 299 g/mol. The zero-order valence-corrected chi connectivity index (χ0v) is 10.3. The number of anilines is 2. The van der Waals surface area contributed by atoms with Gasteiger partial charge in [-0.2, -0.15) is 18.2 Å². The van der Waals surface area contributed by atoms with Gasteiger partial charge < -0.3 is 11.5 Å². The van der Waals surface area contributed by atoms with Gasteiger partial charge in [-0.15, -0.1) is 0 Å². The van der Waals surface area contributed by atoms with Crippen molar-refractivity contribution in [3.05, 3.63) is 39.9 Å². The summed E-state index contributed by atoms with van der Waals surface area (Å²) >= 11 is 0. The normalized spacial score (nSPS) is 11.4. The number of alkyl halides is 3. The Bertz CT molecular complexity index is 717. The molecule has 10 heteroatoms. The highest BCUT2D eigenvalue weighted by atomic mass is 19.4. The van der Waals surface area contributed by atoms with Crippen LogP contribution in [-0.2, 0) is 6.18 Å². The molecule has 0 aliphatic rings. The van der Waals surface area contributed by atoms with Crippen LogP contribution >= 0.6 is 0 Å². The van der Waals surface area contributed by atoms with Gasteiger partial charge >= 0.3 is 6.18 Å². The first-order valence-electron chi connectivity index (χ1n) is 5.45. The highest BCUT2D eigenvalue weighted by molar-refractivity contribution is 5.71. The van der Waals surface area contributed by atoms with E-state index in [0.29, 0.717) is 0 Å². The predicted octanol–water partition coefficient (Wildman–Crippen LogP) is 2.24. The number of aromatic nitrogens is 2. The summed E-state index contributed by atoms with van der Waals surface area (Å²) < 4.78 is 39.2. The molecule has 1 aromatic carbocycles. The highest BCUT2D eigenvalue weighted by Gasteiger charge is 2.38. The topological polar surface area (TPSA) is 121 Å². The third-order valence-electron chi connectivity index (χ3n) is 2.57. The predicted molar refractivity (Wildman–Crippen MR) is 67.9 cm³/mol.